The molecule has 0 aliphatic rings. The second kappa shape index (κ2) is 4.17. The summed E-state index contributed by atoms with van der Waals surface area (Å²) in [5, 5.41) is 0. The van der Waals surface area contributed by atoms with Crippen molar-refractivity contribution < 1.29 is 22.6 Å². The van der Waals surface area contributed by atoms with Gasteiger partial charge in [-0.05, 0) is 0 Å². The van der Waals surface area contributed by atoms with E-state index in [1.165, 1.54) is 7.11 Å². The van der Waals surface area contributed by atoms with Gasteiger partial charge in [-0.1, -0.05) is 0 Å². The van der Waals surface area contributed by atoms with Crippen LogP contribution in [0.2, 0.25) is 0 Å². The van der Waals surface area contributed by atoms with E-state index in [0.717, 1.165) is 13.3 Å². The molecule has 0 atom stereocenters. The highest BCUT2D eigenvalue weighted by Crippen LogP contribution is 2.33. The lowest BCUT2D eigenvalue weighted by Gasteiger charge is -2.09. The van der Waals surface area contributed by atoms with Gasteiger partial charge in [-0.25, -0.2) is 18.2 Å². The van der Waals surface area contributed by atoms with Gasteiger partial charge in [-0.15, -0.1) is 0 Å². The first kappa shape index (κ1) is 10.6. The molecule has 0 aromatic carbocycles. The Morgan fingerprint density at radius 1 is 1.29 bits per heavy atom. The van der Waals surface area contributed by atoms with Crippen molar-refractivity contribution in [2.45, 2.75) is 6.43 Å². The van der Waals surface area contributed by atoms with Crippen molar-refractivity contribution in [1.82, 2.24) is 4.98 Å². The van der Waals surface area contributed by atoms with Gasteiger partial charge in [0.25, 0.3) is 6.43 Å². The number of alkyl halides is 2. The zero-order valence-corrected chi connectivity index (χ0v) is 7.55. The van der Waals surface area contributed by atoms with Gasteiger partial charge < -0.3 is 9.47 Å². The van der Waals surface area contributed by atoms with Crippen molar-refractivity contribution >= 4 is 0 Å². The van der Waals surface area contributed by atoms with E-state index in [1.807, 2.05) is 0 Å². The molecule has 78 valence electrons. The van der Waals surface area contributed by atoms with Crippen LogP contribution in [0.4, 0.5) is 13.2 Å². The lowest BCUT2D eigenvalue weighted by atomic mass is 10.2. The molecule has 1 aromatic rings. The molecule has 0 unspecified atom stereocenters. The van der Waals surface area contributed by atoms with Crippen molar-refractivity contribution in [2.75, 3.05) is 14.2 Å². The summed E-state index contributed by atoms with van der Waals surface area (Å²) in [6, 6.07) is 0. The molecule has 0 radical (unpaired) electrons. The standard InChI is InChI=1S/C8H8F3NO2/c1-13-4-3-12-8(14-2)5(6(4)9)7(10)11/h3,7H,1-2H3. The van der Waals surface area contributed by atoms with Gasteiger partial charge in [0, 0.05) is 0 Å². The Kier molecular flexibility index (Phi) is 3.16. The van der Waals surface area contributed by atoms with E-state index in [1.54, 1.807) is 0 Å². The maximum atomic E-state index is 13.2. The number of aromatic nitrogens is 1. The number of rotatable bonds is 3. The zero-order chi connectivity index (χ0) is 10.7. The largest absolute Gasteiger partial charge is 0.492 e. The molecular weight excluding hydrogens is 199 g/mol. The number of nitrogens with zero attached hydrogens (tertiary/aromatic N) is 1. The number of pyridine rings is 1. The van der Waals surface area contributed by atoms with Crippen LogP contribution in [0.3, 0.4) is 0 Å². The fraction of sp³-hybridized carbons (Fsp3) is 0.375. The highest BCUT2D eigenvalue weighted by atomic mass is 19.3. The molecule has 0 spiro atoms. The smallest absolute Gasteiger partial charge is 0.272 e. The third-order valence-corrected chi connectivity index (χ3v) is 1.61. The Hall–Kier alpha value is -1.46. The van der Waals surface area contributed by atoms with E-state index in [4.69, 9.17) is 0 Å². The van der Waals surface area contributed by atoms with E-state index in [-0.39, 0.29) is 5.75 Å². The van der Waals surface area contributed by atoms with Crippen molar-refractivity contribution in [3.8, 4) is 11.6 Å². The minimum Gasteiger partial charge on any atom is -0.492 e. The summed E-state index contributed by atoms with van der Waals surface area (Å²) in [4.78, 5) is 3.48. The lowest BCUT2D eigenvalue weighted by Crippen LogP contribution is -2.01. The first-order valence-corrected chi connectivity index (χ1v) is 3.66. The molecule has 0 fully saturated rings. The van der Waals surface area contributed by atoms with Gasteiger partial charge >= 0.3 is 0 Å². The minimum absolute atomic E-state index is 0.332. The van der Waals surface area contributed by atoms with Crippen molar-refractivity contribution in [3.63, 3.8) is 0 Å². The van der Waals surface area contributed by atoms with Crippen molar-refractivity contribution in [2.24, 2.45) is 0 Å². The molecule has 0 saturated heterocycles. The van der Waals surface area contributed by atoms with Gasteiger partial charge in [-0.3, -0.25) is 0 Å². The molecule has 14 heavy (non-hydrogen) atoms. The van der Waals surface area contributed by atoms with Gasteiger partial charge in [0.1, 0.15) is 5.56 Å². The van der Waals surface area contributed by atoms with Crippen LogP contribution in [0, 0.1) is 5.82 Å². The first-order valence-electron chi connectivity index (χ1n) is 3.66. The average molecular weight is 207 g/mol. The number of halogens is 3. The lowest BCUT2D eigenvalue weighted by molar-refractivity contribution is 0.139. The average Bonchev–Trinajstić information content (AvgIpc) is 2.16. The summed E-state index contributed by atoms with van der Waals surface area (Å²) in [6.07, 6.45) is -2.01. The number of ether oxygens (including phenoxy) is 2. The molecule has 3 nitrogen and oxygen atoms in total. The van der Waals surface area contributed by atoms with Crippen LogP contribution in [0.25, 0.3) is 0 Å². The molecule has 0 bridgehead atoms. The third kappa shape index (κ3) is 1.73. The van der Waals surface area contributed by atoms with Crippen LogP contribution in [0.5, 0.6) is 11.6 Å². The summed E-state index contributed by atoms with van der Waals surface area (Å²) in [5.41, 5.74) is -0.883. The highest BCUT2D eigenvalue weighted by Gasteiger charge is 2.23. The zero-order valence-electron chi connectivity index (χ0n) is 7.55. The Bertz CT molecular complexity index is 331. The topological polar surface area (TPSA) is 31.4 Å². The number of hydrogen-bond acceptors (Lipinski definition) is 3. The summed E-state index contributed by atoms with van der Waals surface area (Å²) < 4.78 is 47.0. The maximum absolute atomic E-state index is 13.2. The Morgan fingerprint density at radius 2 is 1.93 bits per heavy atom. The molecular formula is C8H8F3NO2. The van der Waals surface area contributed by atoms with E-state index >= 15 is 0 Å². The van der Waals surface area contributed by atoms with E-state index < -0.39 is 23.7 Å². The maximum Gasteiger partial charge on any atom is 0.272 e. The van der Waals surface area contributed by atoms with Gasteiger partial charge in [0.2, 0.25) is 5.88 Å². The fourth-order valence-electron chi connectivity index (χ4n) is 0.964. The van der Waals surface area contributed by atoms with Crippen LogP contribution in [0.1, 0.15) is 12.0 Å². The molecule has 1 rings (SSSR count). The summed E-state index contributed by atoms with van der Waals surface area (Å²) in [6.45, 7) is 0. The van der Waals surface area contributed by atoms with Crippen LogP contribution in [-0.4, -0.2) is 19.2 Å². The fourth-order valence-corrected chi connectivity index (χ4v) is 0.964. The van der Waals surface area contributed by atoms with E-state index in [0.29, 0.717) is 0 Å². The summed E-state index contributed by atoms with van der Waals surface area (Å²) >= 11 is 0. The Balaban J connectivity index is 3.31. The van der Waals surface area contributed by atoms with E-state index in [9.17, 15) is 13.2 Å². The van der Waals surface area contributed by atoms with Crippen LogP contribution in [0.15, 0.2) is 6.20 Å². The second-order valence-corrected chi connectivity index (χ2v) is 2.36. The van der Waals surface area contributed by atoms with Crippen LogP contribution in [-0.2, 0) is 0 Å². The highest BCUT2D eigenvalue weighted by molar-refractivity contribution is 5.36. The molecule has 0 amide bonds. The molecule has 0 saturated carbocycles. The number of methoxy groups -OCH3 is 2. The summed E-state index contributed by atoms with van der Waals surface area (Å²) in [7, 11) is 2.31. The molecule has 1 aromatic heterocycles. The normalized spacial score (nSPS) is 10.4. The third-order valence-electron chi connectivity index (χ3n) is 1.61. The minimum atomic E-state index is -2.99. The Labute approximate surface area is 78.5 Å². The van der Waals surface area contributed by atoms with Gasteiger partial charge in [0.05, 0.1) is 20.4 Å². The monoisotopic (exact) mass is 207 g/mol. The van der Waals surface area contributed by atoms with Crippen LogP contribution < -0.4 is 9.47 Å². The second-order valence-electron chi connectivity index (χ2n) is 2.36. The molecule has 0 aliphatic heterocycles. The SMILES string of the molecule is COc1cnc(OC)c(C(F)F)c1F. The Morgan fingerprint density at radius 3 is 2.36 bits per heavy atom. The molecule has 1 heterocycles. The molecule has 6 heteroatoms. The number of hydrogen-bond donors (Lipinski definition) is 0. The molecule has 0 N–H and O–H groups in total. The van der Waals surface area contributed by atoms with Crippen molar-refractivity contribution in [3.05, 3.63) is 17.6 Å². The first-order chi connectivity index (χ1) is 6.61. The predicted molar refractivity (Wildman–Crippen MR) is 42.3 cm³/mol. The van der Waals surface area contributed by atoms with Gasteiger partial charge in [-0.2, -0.15) is 0 Å². The predicted octanol–water partition coefficient (Wildman–Crippen LogP) is 2.18. The molecule has 0 aliphatic carbocycles. The van der Waals surface area contributed by atoms with Crippen molar-refractivity contribution in [1.29, 1.82) is 0 Å². The van der Waals surface area contributed by atoms with Crippen LogP contribution >= 0.6 is 0 Å². The van der Waals surface area contributed by atoms with Gasteiger partial charge in [0.15, 0.2) is 11.6 Å². The summed E-state index contributed by atoms with van der Waals surface area (Å²) in [5.74, 6) is -1.91. The quantitative estimate of drug-likeness (QED) is 0.761. The van der Waals surface area contributed by atoms with E-state index in [2.05, 4.69) is 14.5 Å².